The molecule has 0 saturated carbocycles. The molecule has 4 heteroatoms. The van der Waals surface area contributed by atoms with Gasteiger partial charge in [-0.3, -0.25) is 0 Å². The van der Waals surface area contributed by atoms with Gasteiger partial charge in [0.2, 0.25) is 0 Å². The number of nitrogens with two attached hydrogens (primary N) is 1. The molecule has 0 amide bonds. The lowest BCUT2D eigenvalue weighted by atomic mass is 9.97. The van der Waals surface area contributed by atoms with Gasteiger partial charge in [-0.1, -0.05) is 0 Å². The van der Waals surface area contributed by atoms with Gasteiger partial charge in [-0.2, -0.15) is 0 Å². The minimum absolute atomic E-state index is 0.000883. The van der Waals surface area contributed by atoms with Crippen molar-refractivity contribution in [2.75, 3.05) is 32.7 Å². The maximum atomic E-state index is 5.70. The van der Waals surface area contributed by atoms with E-state index in [1.54, 1.807) is 14.2 Å². The first kappa shape index (κ1) is 15.6. The van der Waals surface area contributed by atoms with Crippen molar-refractivity contribution in [3.05, 3.63) is 17.7 Å². The highest BCUT2D eigenvalue weighted by molar-refractivity contribution is 5.62. The van der Waals surface area contributed by atoms with Gasteiger partial charge in [0.15, 0.2) is 11.5 Å². The average molecular weight is 266 g/mol. The van der Waals surface area contributed by atoms with E-state index in [4.69, 9.17) is 15.2 Å². The Morgan fingerprint density at radius 2 is 1.68 bits per heavy atom. The lowest BCUT2D eigenvalue weighted by molar-refractivity contribution is 0.354. The van der Waals surface area contributed by atoms with Gasteiger partial charge in [-0.15, -0.1) is 0 Å². The number of hydrogen-bond donors (Lipinski definition) is 1. The second-order valence-electron chi connectivity index (χ2n) is 5.40. The maximum absolute atomic E-state index is 5.70. The van der Waals surface area contributed by atoms with E-state index in [2.05, 4.69) is 32.7 Å². The van der Waals surface area contributed by atoms with Gasteiger partial charge in [0.05, 0.1) is 14.2 Å². The van der Waals surface area contributed by atoms with Crippen LogP contribution in [0.4, 0.5) is 5.69 Å². The van der Waals surface area contributed by atoms with Crippen LogP contribution in [-0.4, -0.2) is 33.4 Å². The van der Waals surface area contributed by atoms with Crippen molar-refractivity contribution in [1.29, 1.82) is 0 Å². The normalized spacial score (nSPS) is 11.3. The van der Waals surface area contributed by atoms with Gasteiger partial charge in [0.1, 0.15) is 0 Å². The number of aryl methyl sites for hydroxylation is 1. The van der Waals surface area contributed by atoms with Gasteiger partial charge < -0.3 is 20.1 Å². The standard InChI is InChI=1S/C15H26N2O2/c1-11-9-13(18-5)14(19-6)10-12(11)17(4)15(2,3)7-8-16/h9-10H,7-8,16H2,1-6H3. The molecule has 108 valence electrons. The molecule has 0 bridgehead atoms. The van der Waals surface area contributed by atoms with Gasteiger partial charge in [0, 0.05) is 24.3 Å². The summed E-state index contributed by atoms with van der Waals surface area (Å²) in [5, 5.41) is 0. The topological polar surface area (TPSA) is 47.7 Å². The van der Waals surface area contributed by atoms with Gasteiger partial charge in [-0.05, 0) is 45.4 Å². The van der Waals surface area contributed by atoms with E-state index < -0.39 is 0 Å². The van der Waals surface area contributed by atoms with Gasteiger partial charge in [-0.25, -0.2) is 0 Å². The average Bonchev–Trinajstić information content (AvgIpc) is 2.37. The van der Waals surface area contributed by atoms with Crippen LogP contribution >= 0.6 is 0 Å². The Morgan fingerprint density at radius 3 is 2.16 bits per heavy atom. The Labute approximate surface area is 116 Å². The second kappa shape index (κ2) is 6.15. The lowest BCUT2D eigenvalue weighted by Gasteiger charge is -2.38. The molecule has 4 nitrogen and oxygen atoms in total. The van der Waals surface area contributed by atoms with Crippen molar-refractivity contribution in [2.24, 2.45) is 5.73 Å². The Morgan fingerprint density at radius 1 is 1.16 bits per heavy atom. The summed E-state index contributed by atoms with van der Waals surface area (Å²) in [7, 11) is 5.39. The summed E-state index contributed by atoms with van der Waals surface area (Å²) < 4.78 is 10.7. The Bertz CT molecular complexity index is 430. The molecule has 0 heterocycles. The molecule has 0 aliphatic carbocycles. The molecular weight excluding hydrogens is 240 g/mol. The summed E-state index contributed by atoms with van der Waals surface area (Å²) in [6, 6.07) is 4.02. The van der Waals surface area contributed by atoms with Crippen molar-refractivity contribution in [3.63, 3.8) is 0 Å². The van der Waals surface area contributed by atoms with Crippen LogP contribution in [0.1, 0.15) is 25.8 Å². The first-order valence-corrected chi connectivity index (χ1v) is 6.54. The maximum Gasteiger partial charge on any atom is 0.162 e. The van der Waals surface area contributed by atoms with Crippen LogP contribution in [-0.2, 0) is 0 Å². The van der Waals surface area contributed by atoms with Crippen LogP contribution in [0.25, 0.3) is 0 Å². The summed E-state index contributed by atoms with van der Waals surface area (Å²) in [5.41, 5.74) is 7.99. The Kier molecular flexibility index (Phi) is 5.06. The molecule has 19 heavy (non-hydrogen) atoms. The van der Waals surface area contributed by atoms with E-state index in [-0.39, 0.29) is 5.54 Å². The van der Waals surface area contributed by atoms with Crippen LogP contribution in [0.2, 0.25) is 0 Å². The number of benzene rings is 1. The largest absolute Gasteiger partial charge is 0.493 e. The molecular formula is C15H26N2O2. The summed E-state index contributed by atoms with van der Waals surface area (Å²) >= 11 is 0. The Hall–Kier alpha value is -1.42. The van der Waals surface area contributed by atoms with Gasteiger partial charge in [0.25, 0.3) is 0 Å². The lowest BCUT2D eigenvalue weighted by Crippen LogP contribution is -2.43. The quantitative estimate of drug-likeness (QED) is 0.859. The number of nitrogens with zero attached hydrogens (tertiary/aromatic N) is 1. The SMILES string of the molecule is COc1cc(C)c(N(C)C(C)(C)CCN)cc1OC. The highest BCUT2D eigenvalue weighted by Gasteiger charge is 2.25. The molecule has 0 saturated heterocycles. The predicted molar refractivity (Wildman–Crippen MR) is 80.4 cm³/mol. The summed E-state index contributed by atoms with van der Waals surface area (Å²) in [5.74, 6) is 1.51. The molecule has 0 radical (unpaired) electrons. The fraction of sp³-hybridized carbons (Fsp3) is 0.600. The van der Waals surface area contributed by atoms with Crippen molar-refractivity contribution in [3.8, 4) is 11.5 Å². The third-order valence-electron chi connectivity index (χ3n) is 3.73. The van der Waals surface area contributed by atoms with Crippen LogP contribution in [0, 0.1) is 6.92 Å². The molecule has 0 fully saturated rings. The number of rotatable bonds is 6. The molecule has 0 aromatic heterocycles. The van der Waals surface area contributed by atoms with Crippen LogP contribution in [0.3, 0.4) is 0 Å². The van der Waals surface area contributed by atoms with E-state index in [0.717, 1.165) is 29.2 Å². The van der Waals surface area contributed by atoms with E-state index in [1.807, 2.05) is 12.1 Å². The minimum Gasteiger partial charge on any atom is -0.493 e. The van der Waals surface area contributed by atoms with Crippen molar-refractivity contribution in [2.45, 2.75) is 32.7 Å². The van der Waals surface area contributed by atoms with E-state index in [1.165, 1.54) is 0 Å². The first-order chi connectivity index (χ1) is 8.87. The fourth-order valence-electron chi connectivity index (χ4n) is 2.18. The third kappa shape index (κ3) is 3.32. The van der Waals surface area contributed by atoms with E-state index in [9.17, 15) is 0 Å². The van der Waals surface area contributed by atoms with Crippen molar-refractivity contribution >= 4 is 5.69 Å². The van der Waals surface area contributed by atoms with Crippen LogP contribution in [0.15, 0.2) is 12.1 Å². The molecule has 0 atom stereocenters. The highest BCUT2D eigenvalue weighted by atomic mass is 16.5. The monoisotopic (exact) mass is 266 g/mol. The van der Waals surface area contributed by atoms with E-state index in [0.29, 0.717) is 6.54 Å². The molecule has 0 unspecified atom stereocenters. The van der Waals surface area contributed by atoms with E-state index >= 15 is 0 Å². The second-order valence-corrected chi connectivity index (χ2v) is 5.40. The molecule has 0 spiro atoms. The molecule has 1 aromatic rings. The van der Waals surface area contributed by atoms with Crippen LogP contribution in [0.5, 0.6) is 11.5 Å². The van der Waals surface area contributed by atoms with Crippen LogP contribution < -0.4 is 20.1 Å². The molecule has 0 aliphatic rings. The summed E-state index contributed by atoms with van der Waals surface area (Å²) in [4.78, 5) is 2.25. The zero-order valence-corrected chi connectivity index (χ0v) is 12.9. The zero-order chi connectivity index (χ0) is 14.6. The third-order valence-corrected chi connectivity index (χ3v) is 3.73. The number of hydrogen-bond acceptors (Lipinski definition) is 4. The minimum atomic E-state index is -0.000883. The predicted octanol–water partition coefficient (Wildman–Crippen LogP) is 2.58. The summed E-state index contributed by atoms with van der Waals surface area (Å²) in [6.45, 7) is 7.13. The Balaban J connectivity index is 3.20. The molecule has 1 aromatic carbocycles. The van der Waals surface area contributed by atoms with Crippen molar-refractivity contribution in [1.82, 2.24) is 0 Å². The van der Waals surface area contributed by atoms with Gasteiger partial charge >= 0.3 is 0 Å². The first-order valence-electron chi connectivity index (χ1n) is 6.54. The zero-order valence-electron chi connectivity index (χ0n) is 12.9. The molecule has 0 aliphatic heterocycles. The molecule has 2 N–H and O–H groups in total. The summed E-state index contributed by atoms with van der Waals surface area (Å²) in [6.07, 6.45) is 0.928. The number of methoxy groups -OCH3 is 2. The molecule has 1 rings (SSSR count). The number of anilines is 1. The highest BCUT2D eigenvalue weighted by Crippen LogP contribution is 2.36. The van der Waals surface area contributed by atoms with Crippen molar-refractivity contribution < 1.29 is 9.47 Å². The fourth-order valence-corrected chi connectivity index (χ4v) is 2.18. The smallest absolute Gasteiger partial charge is 0.162 e. The number of ether oxygens (including phenoxy) is 2.